The first kappa shape index (κ1) is 12.0. The third-order valence-electron chi connectivity index (χ3n) is 3.22. The van der Waals surface area contributed by atoms with E-state index in [9.17, 15) is 4.79 Å². The number of carbonyl (C=O) groups is 1. The molecule has 0 fully saturated rings. The molecule has 0 bridgehead atoms. The van der Waals surface area contributed by atoms with Crippen LogP contribution in [0.4, 0.5) is 0 Å². The van der Waals surface area contributed by atoms with Gasteiger partial charge in [0.15, 0.2) is 0 Å². The van der Waals surface area contributed by atoms with Gasteiger partial charge in [-0.15, -0.1) is 11.3 Å². The average Bonchev–Trinajstić information content (AvgIpc) is 3.03. The third kappa shape index (κ3) is 1.94. The Morgan fingerprint density at radius 2 is 2.42 bits per heavy atom. The van der Waals surface area contributed by atoms with Gasteiger partial charge in [-0.2, -0.15) is 0 Å². The highest BCUT2D eigenvalue weighted by molar-refractivity contribution is 7.13. The second kappa shape index (κ2) is 4.55. The highest BCUT2D eigenvalue weighted by Gasteiger charge is 2.27. The minimum absolute atomic E-state index is 0.0873. The summed E-state index contributed by atoms with van der Waals surface area (Å²) in [5.74, 6) is -0.0873. The second-order valence-electron chi connectivity index (χ2n) is 4.51. The van der Waals surface area contributed by atoms with E-state index < -0.39 is 0 Å². The first-order valence-corrected chi connectivity index (χ1v) is 6.82. The fraction of sp³-hybridized carbons (Fsp3) is 0.231. The van der Waals surface area contributed by atoms with Gasteiger partial charge < -0.3 is 15.1 Å². The molecule has 3 heterocycles. The zero-order valence-electron chi connectivity index (χ0n) is 10.3. The van der Waals surface area contributed by atoms with Crippen LogP contribution in [-0.4, -0.2) is 21.4 Å². The summed E-state index contributed by atoms with van der Waals surface area (Å²) in [7, 11) is 0. The van der Waals surface area contributed by atoms with Crippen molar-refractivity contribution in [2.24, 2.45) is 5.16 Å². The van der Waals surface area contributed by atoms with Gasteiger partial charge >= 0.3 is 0 Å². The summed E-state index contributed by atoms with van der Waals surface area (Å²) in [5, 5.41) is 17.8. The lowest BCUT2D eigenvalue weighted by Crippen LogP contribution is -2.28. The lowest BCUT2D eigenvalue weighted by Gasteiger charge is -2.16. The molecule has 98 valence electrons. The number of nitrogens with zero attached hydrogens (tertiary/aromatic N) is 2. The number of hydrogen-bond acceptors (Lipinski definition) is 4. The van der Waals surface area contributed by atoms with Gasteiger partial charge in [-0.3, -0.25) is 4.79 Å². The Kier molecular flexibility index (Phi) is 2.87. The maximum absolute atomic E-state index is 12.2. The number of fused-ring (bicyclic) bond motifs is 3. The number of amides is 1. The SMILES string of the molecule is CC(CC1NC(=O)c2ccsc2-n2cccc21)=NO. The molecule has 5 nitrogen and oxygen atoms in total. The van der Waals surface area contributed by atoms with E-state index in [0.717, 1.165) is 10.7 Å². The summed E-state index contributed by atoms with van der Waals surface area (Å²) in [4.78, 5) is 12.2. The number of oxime groups is 1. The number of hydrogen-bond donors (Lipinski definition) is 2. The van der Waals surface area contributed by atoms with Gasteiger partial charge in [0, 0.05) is 18.3 Å². The topological polar surface area (TPSA) is 66.6 Å². The predicted molar refractivity (Wildman–Crippen MR) is 73.4 cm³/mol. The summed E-state index contributed by atoms with van der Waals surface area (Å²) in [6, 6.07) is 5.58. The highest BCUT2D eigenvalue weighted by Crippen LogP contribution is 2.31. The van der Waals surface area contributed by atoms with Crippen molar-refractivity contribution in [2.75, 3.05) is 0 Å². The number of aromatic nitrogens is 1. The van der Waals surface area contributed by atoms with Crippen molar-refractivity contribution < 1.29 is 10.0 Å². The lowest BCUT2D eigenvalue weighted by atomic mass is 10.1. The van der Waals surface area contributed by atoms with Gasteiger partial charge in [-0.25, -0.2) is 0 Å². The average molecular weight is 275 g/mol. The molecule has 2 aromatic heterocycles. The van der Waals surface area contributed by atoms with Gasteiger partial charge in [0.1, 0.15) is 5.00 Å². The molecule has 2 N–H and O–H groups in total. The quantitative estimate of drug-likeness (QED) is 0.502. The van der Waals surface area contributed by atoms with Crippen molar-refractivity contribution in [3.05, 3.63) is 41.0 Å². The largest absolute Gasteiger partial charge is 0.411 e. The Bertz CT molecular complexity index is 656. The molecule has 0 saturated carbocycles. The van der Waals surface area contributed by atoms with E-state index in [1.807, 2.05) is 34.3 Å². The van der Waals surface area contributed by atoms with Crippen LogP contribution in [0.15, 0.2) is 34.9 Å². The maximum atomic E-state index is 12.2. The van der Waals surface area contributed by atoms with Crippen LogP contribution in [0.3, 0.4) is 0 Å². The van der Waals surface area contributed by atoms with Crippen LogP contribution in [0.25, 0.3) is 5.00 Å². The number of nitrogens with one attached hydrogen (secondary N) is 1. The van der Waals surface area contributed by atoms with Crippen LogP contribution >= 0.6 is 11.3 Å². The normalized spacial score (nSPS) is 18.5. The summed E-state index contributed by atoms with van der Waals surface area (Å²) in [5.41, 5.74) is 2.27. The van der Waals surface area contributed by atoms with Gasteiger partial charge in [-0.1, -0.05) is 5.16 Å². The molecule has 1 aliphatic rings. The van der Waals surface area contributed by atoms with E-state index in [0.29, 0.717) is 17.7 Å². The molecule has 19 heavy (non-hydrogen) atoms. The molecule has 0 radical (unpaired) electrons. The Labute approximate surface area is 114 Å². The predicted octanol–water partition coefficient (Wildman–Crippen LogP) is 2.56. The molecule has 2 aromatic rings. The minimum atomic E-state index is -0.182. The molecule has 0 spiro atoms. The molecule has 0 saturated heterocycles. The van der Waals surface area contributed by atoms with Crippen LogP contribution in [0.1, 0.15) is 35.4 Å². The standard InChI is InChI=1S/C13H13N3O2S/c1-8(15-18)7-10-11-3-2-5-16(11)13-9(4-6-19-13)12(17)14-10/h2-6,10,18H,7H2,1H3,(H,14,17). The Balaban J connectivity index is 2.08. The van der Waals surface area contributed by atoms with Gasteiger partial charge in [-0.05, 0) is 30.5 Å². The van der Waals surface area contributed by atoms with Crippen molar-refractivity contribution in [1.82, 2.24) is 9.88 Å². The van der Waals surface area contributed by atoms with E-state index >= 15 is 0 Å². The highest BCUT2D eigenvalue weighted by atomic mass is 32.1. The van der Waals surface area contributed by atoms with E-state index in [2.05, 4.69) is 10.5 Å². The molecular weight excluding hydrogens is 262 g/mol. The maximum Gasteiger partial charge on any atom is 0.254 e. The van der Waals surface area contributed by atoms with Crippen LogP contribution in [0.5, 0.6) is 0 Å². The first-order chi connectivity index (χ1) is 9.20. The van der Waals surface area contributed by atoms with E-state index in [1.54, 1.807) is 6.92 Å². The van der Waals surface area contributed by atoms with E-state index in [4.69, 9.17) is 5.21 Å². The van der Waals surface area contributed by atoms with Gasteiger partial charge in [0.25, 0.3) is 5.91 Å². The van der Waals surface area contributed by atoms with Crippen molar-refractivity contribution >= 4 is 23.0 Å². The number of rotatable bonds is 2. The number of carbonyl (C=O) groups excluding carboxylic acids is 1. The van der Waals surface area contributed by atoms with Crippen LogP contribution < -0.4 is 5.32 Å². The van der Waals surface area contributed by atoms with Crippen molar-refractivity contribution in [1.29, 1.82) is 0 Å². The summed E-state index contributed by atoms with van der Waals surface area (Å²) >= 11 is 1.54. The zero-order valence-corrected chi connectivity index (χ0v) is 11.1. The number of thiophene rings is 1. The Morgan fingerprint density at radius 1 is 1.58 bits per heavy atom. The molecule has 0 aromatic carbocycles. The molecular formula is C13H13N3O2S. The van der Waals surface area contributed by atoms with Crippen molar-refractivity contribution in [2.45, 2.75) is 19.4 Å². The first-order valence-electron chi connectivity index (χ1n) is 5.94. The van der Waals surface area contributed by atoms with Gasteiger partial charge in [0.2, 0.25) is 0 Å². The smallest absolute Gasteiger partial charge is 0.254 e. The third-order valence-corrected chi connectivity index (χ3v) is 4.13. The Hall–Kier alpha value is -2.08. The molecule has 1 unspecified atom stereocenters. The minimum Gasteiger partial charge on any atom is -0.411 e. The summed E-state index contributed by atoms with van der Waals surface area (Å²) in [6.07, 6.45) is 2.44. The van der Waals surface area contributed by atoms with Gasteiger partial charge in [0.05, 0.1) is 17.3 Å². The van der Waals surface area contributed by atoms with Crippen LogP contribution in [0, 0.1) is 0 Å². The van der Waals surface area contributed by atoms with E-state index in [-0.39, 0.29) is 11.9 Å². The fourth-order valence-corrected chi connectivity index (χ4v) is 3.23. The molecule has 1 atom stereocenters. The zero-order chi connectivity index (χ0) is 13.4. The summed E-state index contributed by atoms with van der Waals surface area (Å²) in [6.45, 7) is 1.74. The molecule has 3 rings (SSSR count). The second-order valence-corrected chi connectivity index (χ2v) is 5.40. The molecule has 6 heteroatoms. The van der Waals surface area contributed by atoms with Crippen LogP contribution in [-0.2, 0) is 0 Å². The summed E-state index contributed by atoms with van der Waals surface area (Å²) < 4.78 is 2.02. The van der Waals surface area contributed by atoms with Crippen molar-refractivity contribution in [3.63, 3.8) is 0 Å². The van der Waals surface area contributed by atoms with Crippen LogP contribution in [0.2, 0.25) is 0 Å². The molecule has 0 aliphatic carbocycles. The molecule has 1 amide bonds. The monoisotopic (exact) mass is 275 g/mol. The molecule has 1 aliphatic heterocycles. The Morgan fingerprint density at radius 3 is 3.21 bits per heavy atom. The van der Waals surface area contributed by atoms with E-state index in [1.165, 1.54) is 11.3 Å². The fourth-order valence-electron chi connectivity index (χ4n) is 2.33. The lowest BCUT2D eigenvalue weighted by molar-refractivity contribution is 0.0940. The van der Waals surface area contributed by atoms with Crippen molar-refractivity contribution in [3.8, 4) is 5.00 Å².